The van der Waals surface area contributed by atoms with Crippen LogP contribution in [-0.2, 0) is 54.8 Å². The molecule has 2 aromatic heterocycles. The molecule has 4 bridgehead atoms. The Balaban J connectivity index is 0.000000192. The smallest absolute Gasteiger partial charge is 0.410 e. The molecule has 3 unspecified atom stereocenters. The summed E-state index contributed by atoms with van der Waals surface area (Å²) >= 11 is 0. The van der Waals surface area contributed by atoms with Crippen LogP contribution in [-0.4, -0.2) is 197 Å². The quantitative estimate of drug-likeness (QED) is 0.0302. The minimum absolute atomic E-state index is 0.0554. The Bertz CT molecular complexity index is 5050. The Morgan fingerprint density at radius 3 is 1.19 bits per heavy atom. The van der Waals surface area contributed by atoms with Crippen LogP contribution >= 0.6 is 0 Å². The first-order valence-corrected chi connectivity index (χ1v) is 45.6. The molecule has 7 aliphatic rings. The number of rotatable bonds is 13. The minimum atomic E-state index is -1.18. The zero-order chi connectivity index (χ0) is 99.7. The molecule has 7 aliphatic heterocycles. The zero-order valence-electron chi connectivity index (χ0n) is 79.7. The lowest BCUT2D eigenvalue weighted by Gasteiger charge is -2.38. The summed E-state index contributed by atoms with van der Waals surface area (Å²) in [6, 6.07) is 19.5. The molecule has 13 atom stereocenters. The summed E-state index contributed by atoms with van der Waals surface area (Å²) in [6.45, 7) is 37.6. The second-order valence-corrected chi connectivity index (χ2v) is 38.5. The average molecular weight is 1890 g/mol. The second kappa shape index (κ2) is 46.2. The van der Waals surface area contributed by atoms with Crippen molar-refractivity contribution in [3.05, 3.63) is 210 Å². The molecule has 31 nitrogen and oxygen atoms in total. The molecule has 8 N–H and O–H groups in total. The number of pyridine rings is 2. The molecule has 5 fully saturated rings. The van der Waals surface area contributed by atoms with Gasteiger partial charge in [0.2, 0.25) is 10.9 Å². The van der Waals surface area contributed by atoms with Crippen molar-refractivity contribution in [2.24, 2.45) is 17.8 Å². The molecule has 0 spiro atoms. The van der Waals surface area contributed by atoms with Gasteiger partial charge in [-0.05, 0) is 184 Å². The van der Waals surface area contributed by atoms with E-state index in [2.05, 4.69) is 52.3 Å². The molecule has 0 aliphatic carbocycles. The number of nitrogens with one attached hydrogen (secondary N) is 6. The molecule has 37 heteroatoms. The first kappa shape index (κ1) is 106. The lowest BCUT2D eigenvalue weighted by atomic mass is 9.98. The number of ketones is 1. The van der Waals surface area contributed by atoms with Gasteiger partial charge in [-0.25, -0.2) is 50.3 Å². The Hall–Kier alpha value is -12.4. The van der Waals surface area contributed by atoms with E-state index in [1.807, 2.05) is 137 Å². The van der Waals surface area contributed by atoms with Crippen molar-refractivity contribution in [2.75, 3.05) is 32.7 Å². The summed E-state index contributed by atoms with van der Waals surface area (Å²) in [4.78, 5) is 156. The summed E-state index contributed by atoms with van der Waals surface area (Å²) in [5.41, 5.74) is -3.38. The number of carbonyl (C=O) groups is 10. The molecule has 4 aromatic carbocycles. The van der Waals surface area contributed by atoms with E-state index in [1.165, 1.54) is 26.4 Å². The van der Waals surface area contributed by atoms with E-state index < -0.39 is 163 Å². The highest BCUT2D eigenvalue weighted by Crippen LogP contribution is 2.39. The SMILES string of the molecule is C=C1CC[C@H](NC(=O)OC(C)(C)C)CN(C(=O)OCc2ccccc2)[C@H]1C.CC1CC[C@H](NC(=O)OC(C)(C)C)CN[C@H]1C.CC1CC[C@H]2CN(C(=O)c3c(O)c(=O)c(C(=O)NCc4c(F)cc(F)cc4F)cn32)[C@H]1C.CC1CC[C@H]2CN(C(=O)c3c(O)c(=O)c(C(=O)NCc4c(F)cc(F)cc4F)cn32)[C@H]1C.C[C@H]1C(=O)CC[C@H](NC(=O)OC(C)(C)C)CN1C(=O)OCc1ccccc1. The number of likely N-dealkylation sites (tertiary alicyclic amines) is 2. The minimum Gasteiger partial charge on any atom is -0.503 e. The highest BCUT2D eigenvalue weighted by atomic mass is 19.2. The molecule has 13 rings (SSSR count). The monoisotopic (exact) mass is 1890 g/mol. The molecule has 0 radical (unpaired) electrons. The van der Waals surface area contributed by atoms with Gasteiger partial charge in [-0.2, -0.15) is 0 Å². The van der Waals surface area contributed by atoms with Crippen LogP contribution in [0.25, 0.3) is 0 Å². The third-order valence-corrected chi connectivity index (χ3v) is 25.0. The predicted molar refractivity (Wildman–Crippen MR) is 489 cm³/mol. The van der Waals surface area contributed by atoms with Gasteiger partial charge in [-0.15, -0.1) is 0 Å². The van der Waals surface area contributed by atoms with Crippen molar-refractivity contribution in [2.45, 2.75) is 285 Å². The molecule has 135 heavy (non-hydrogen) atoms. The number of amides is 9. The Kier molecular flexibility index (Phi) is 36.4. The van der Waals surface area contributed by atoms with Crippen molar-refractivity contribution >= 4 is 59.9 Å². The molecule has 9 amide bonds. The Morgan fingerprint density at radius 1 is 0.459 bits per heavy atom. The van der Waals surface area contributed by atoms with E-state index in [1.54, 1.807) is 42.4 Å². The molecule has 9 heterocycles. The van der Waals surface area contributed by atoms with E-state index in [9.17, 15) is 94.1 Å². The predicted octanol–water partition coefficient (Wildman–Crippen LogP) is 15.2. The number of Topliss-reactive ketones (excluding diaryl/α,β-unsaturated/α-hetero) is 1. The van der Waals surface area contributed by atoms with Crippen LogP contribution in [0.5, 0.6) is 11.5 Å². The second-order valence-electron chi connectivity index (χ2n) is 38.5. The topological polar surface area (TPSA) is 386 Å². The Morgan fingerprint density at radius 2 is 0.815 bits per heavy atom. The lowest BCUT2D eigenvalue weighted by Crippen LogP contribution is -2.49. The van der Waals surface area contributed by atoms with Crippen LogP contribution in [0.1, 0.15) is 258 Å². The number of aromatic nitrogens is 2. The number of halogens is 6. The standard InChI is InChI=1S/2C22H22F3N3O4.C21H30N2O4.C20H28N2O5.C13H26N2O2/c2*1-10-3-4-13-8-27(11(10)2)22(32)18-20(30)19(29)15(9-28(13)18)21(31)26-7-14-16(24)5-12(23)6-17(14)25;1-15-11-12-18(22-19(24)27-21(3,4)5)13-23(16(15)2)20(25)26-14-17-9-7-6-8-10-17;1-14-17(23)11-10-16(21-18(24)27-20(2,3)4)12-22(14)19(25)26-13-15-8-6-5-7-9-15;1-9-6-7-11(8-14-10(9)2)15-12(16)17-13(3,4)5/h2*5-6,9-11,13,30H,3-4,7-8H2,1-2H3,(H,26,31);6-10,16,18H,1,11-14H2,2-5H3,(H,22,24);5-9,14,16H,10-13H2,1-4H3,(H,21,24);9-11,14H,6-8H2,1-5H3,(H,15,16)/t2*10?,11-,13-;16-,18-;14-,16-;9?,10-,11-/m00000/s1. The van der Waals surface area contributed by atoms with Crippen molar-refractivity contribution in [3.63, 3.8) is 0 Å². The number of nitrogens with zero attached hydrogens (tertiary/aromatic N) is 6. The highest BCUT2D eigenvalue weighted by molar-refractivity contribution is 6.00. The van der Waals surface area contributed by atoms with Crippen LogP contribution in [0.2, 0.25) is 0 Å². The van der Waals surface area contributed by atoms with Gasteiger partial charge in [0.15, 0.2) is 28.7 Å². The number of ether oxygens (including phenoxy) is 5. The third-order valence-electron chi connectivity index (χ3n) is 25.0. The first-order chi connectivity index (χ1) is 63.3. The lowest BCUT2D eigenvalue weighted by molar-refractivity contribution is -0.122. The number of fused-ring (bicyclic) bond motifs is 8. The summed E-state index contributed by atoms with van der Waals surface area (Å²) in [7, 11) is 0. The van der Waals surface area contributed by atoms with E-state index in [-0.39, 0.29) is 110 Å². The van der Waals surface area contributed by atoms with Gasteiger partial charge in [0.1, 0.15) is 76.0 Å². The first-order valence-electron chi connectivity index (χ1n) is 45.6. The van der Waals surface area contributed by atoms with Crippen LogP contribution < -0.4 is 42.8 Å². The van der Waals surface area contributed by atoms with Gasteiger partial charge in [0.05, 0.1) is 36.3 Å². The number of aromatic hydroxyl groups is 2. The maximum Gasteiger partial charge on any atom is 0.410 e. The van der Waals surface area contributed by atoms with Crippen molar-refractivity contribution < 1.29 is 108 Å². The molecule has 736 valence electrons. The number of hydrogen-bond acceptors (Lipinski definition) is 20. The molecular formula is C98H128F6N12O19. The summed E-state index contributed by atoms with van der Waals surface area (Å²) in [5, 5.41) is 37.5. The highest BCUT2D eigenvalue weighted by Gasteiger charge is 2.44. The van der Waals surface area contributed by atoms with E-state index >= 15 is 0 Å². The van der Waals surface area contributed by atoms with Gasteiger partial charge >= 0.3 is 30.5 Å². The van der Waals surface area contributed by atoms with E-state index in [0.717, 1.165) is 55.3 Å². The van der Waals surface area contributed by atoms with Crippen molar-refractivity contribution in [1.82, 2.24) is 60.6 Å². The van der Waals surface area contributed by atoms with Gasteiger partial charge < -0.3 is 84.7 Å². The fourth-order valence-corrected chi connectivity index (χ4v) is 16.5. The third kappa shape index (κ3) is 29.1. The van der Waals surface area contributed by atoms with Crippen LogP contribution in [0.3, 0.4) is 0 Å². The largest absolute Gasteiger partial charge is 0.503 e. The fourth-order valence-electron chi connectivity index (χ4n) is 16.5. The van der Waals surface area contributed by atoms with Crippen LogP contribution in [0.15, 0.2) is 119 Å². The van der Waals surface area contributed by atoms with Gasteiger partial charge in [-0.3, -0.25) is 43.4 Å². The number of hydrogen-bond donors (Lipinski definition) is 8. The Labute approximate surface area is 782 Å². The summed E-state index contributed by atoms with van der Waals surface area (Å²) in [5.74, 6) is -10.5. The number of carbonyl (C=O) groups excluding carboxylic acids is 10. The van der Waals surface area contributed by atoms with Crippen molar-refractivity contribution in [3.8, 4) is 11.5 Å². The average Bonchev–Trinajstić information content (AvgIpc) is 1.74. The maximum absolute atomic E-state index is 13.8. The molecule has 0 saturated carbocycles. The molecule has 5 saturated heterocycles. The van der Waals surface area contributed by atoms with Gasteiger partial charge in [0.25, 0.3) is 23.6 Å². The number of benzene rings is 4. The van der Waals surface area contributed by atoms with Gasteiger partial charge in [0, 0.05) is 124 Å². The maximum atomic E-state index is 13.8. The summed E-state index contributed by atoms with van der Waals surface area (Å²) < 4.78 is 111. The molecule has 6 aromatic rings. The van der Waals surface area contributed by atoms with Gasteiger partial charge in [-0.1, -0.05) is 93.6 Å². The van der Waals surface area contributed by atoms with Crippen LogP contribution in [0, 0.1) is 52.7 Å². The molecular weight excluding hydrogens is 1760 g/mol. The zero-order valence-corrected chi connectivity index (χ0v) is 79.7. The van der Waals surface area contributed by atoms with E-state index in [4.69, 9.17) is 23.7 Å². The normalized spacial score (nSPS) is 22.7. The number of alkyl carbamates (subject to hydrolysis) is 3. The van der Waals surface area contributed by atoms with Crippen LogP contribution in [0.4, 0.5) is 50.3 Å². The van der Waals surface area contributed by atoms with Crippen molar-refractivity contribution in [1.29, 1.82) is 0 Å². The fraction of sp³-hybridized carbons (Fsp3) is 0.531. The summed E-state index contributed by atoms with van der Waals surface area (Å²) in [6.07, 6.45) is 7.37. The van der Waals surface area contributed by atoms with E-state index in [0.29, 0.717) is 81.5 Å².